The second kappa shape index (κ2) is 5.32. The first kappa shape index (κ1) is 12.1. The molecule has 0 bridgehead atoms. The van der Waals surface area contributed by atoms with Crippen molar-refractivity contribution in [1.29, 1.82) is 0 Å². The number of aliphatic hydroxyl groups excluding tert-OH is 1. The fraction of sp³-hybridized carbons (Fsp3) is 0.500. The first-order chi connectivity index (χ1) is 8.24. The Bertz CT molecular complexity index is 441. The van der Waals surface area contributed by atoms with E-state index in [2.05, 4.69) is 18.8 Å². The minimum Gasteiger partial charge on any atom is -0.387 e. The number of aromatic nitrogens is 2. The first-order valence-electron chi connectivity index (χ1n) is 6.36. The highest BCUT2D eigenvalue weighted by Crippen LogP contribution is 2.24. The van der Waals surface area contributed by atoms with Gasteiger partial charge in [-0.25, -0.2) is 4.98 Å². The summed E-state index contributed by atoms with van der Waals surface area (Å²) in [6.07, 6.45) is 6.45. The molecule has 3 heteroatoms. The summed E-state index contributed by atoms with van der Waals surface area (Å²) in [5, 5.41) is 10.2. The van der Waals surface area contributed by atoms with Crippen molar-refractivity contribution in [1.82, 2.24) is 9.38 Å². The van der Waals surface area contributed by atoms with Gasteiger partial charge in [-0.2, -0.15) is 0 Å². The van der Waals surface area contributed by atoms with Crippen molar-refractivity contribution in [2.75, 3.05) is 0 Å². The highest BCUT2D eigenvalue weighted by atomic mass is 16.3. The first-order valence-corrected chi connectivity index (χ1v) is 6.36. The monoisotopic (exact) mass is 232 g/mol. The summed E-state index contributed by atoms with van der Waals surface area (Å²) >= 11 is 0. The molecular weight excluding hydrogens is 212 g/mol. The topological polar surface area (TPSA) is 37.5 Å². The Hall–Kier alpha value is -1.35. The Morgan fingerprint density at radius 2 is 2.06 bits per heavy atom. The summed E-state index contributed by atoms with van der Waals surface area (Å²) < 4.78 is 1.95. The van der Waals surface area contributed by atoms with Crippen LogP contribution < -0.4 is 0 Å². The lowest BCUT2D eigenvalue weighted by Gasteiger charge is -2.15. The molecule has 0 aromatic carbocycles. The predicted octanol–water partition coefficient (Wildman–Crippen LogP) is 3.19. The zero-order chi connectivity index (χ0) is 12.3. The fourth-order valence-corrected chi connectivity index (χ4v) is 2.17. The van der Waals surface area contributed by atoms with Gasteiger partial charge < -0.3 is 9.51 Å². The van der Waals surface area contributed by atoms with Gasteiger partial charge >= 0.3 is 0 Å². The molecule has 2 rings (SSSR count). The minimum atomic E-state index is -0.445. The lowest BCUT2D eigenvalue weighted by atomic mass is 9.95. The molecule has 0 radical (unpaired) electrons. The van der Waals surface area contributed by atoms with E-state index in [0.29, 0.717) is 5.92 Å². The van der Waals surface area contributed by atoms with Gasteiger partial charge in [0.15, 0.2) is 0 Å². The molecule has 0 aliphatic rings. The van der Waals surface area contributed by atoms with Crippen LogP contribution in [0.4, 0.5) is 0 Å². The van der Waals surface area contributed by atoms with E-state index < -0.39 is 6.10 Å². The number of hydrogen-bond donors (Lipinski definition) is 1. The van der Waals surface area contributed by atoms with E-state index in [4.69, 9.17) is 0 Å². The lowest BCUT2D eigenvalue weighted by Crippen LogP contribution is -2.06. The average Bonchev–Trinajstić information content (AvgIpc) is 2.79. The highest BCUT2D eigenvalue weighted by molar-refractivity contribution is 5.39. The second-order valence-electron chi connectivity index (χ2n) is 4.57. The molecule has 2 aromatic rings. The van der Waals surface area contributed by atoms with Crippen molar-refractivity contribution < 1.29 is 5.11 Å². The molecule has 0 aliphatic heterocycles. The van der Waals surface area contributed by atoms with Gasteiger partial charge in [0.05, 0.1) is 11.8 Å². The fourth-order valence-electron chi connectivity index (χ4n) is 2.17. The summed E-state index contributed by atoms with van der Waals surface area (Å²) in [6.45, 7) is 4.34. The molecule has 0 fully saturated rings. The van der Waals surface area contributed by atoms with E-state index >= 15 is 0 Å². The second-order valence-corrected chi connectivity index (χ2v) is 4.57. The number of aliphatic hydroxyl groups is 1. The van der Waals surface area contributed by atoms with Crippen LogP contribution >= 0.6 is 0 Å². The zero-order valence-electron chi connectivity index (χ0n) is 10.5. The zero-order valence-corrected chi connectivity index (χ0v) is 10.5. The Kier molecular flexibility index (Phi) is 3.79. The Morgan fingerprint density at radius 1 is 1.29 bits per heavy atom. The number of fused-ring (bicyclic) bond motifs is 1. The predicted molar refractivity (Wildman–Crippen MR) is 68.8 cm³/mol. The van der Waals surface area contributed by atoms with Crippen LogP contribution in [-0.4, -0.2) is 14.5 Å². The molecule has 0 saturated heterocycles. The molecule has 2 aromatic heterocycles. The average molecular weight is 232 g/mol. The molecule has 1 atom stereocenters. The molecule has 0 spiro atoms. The van der Waals surface area contributed by atoms with Crippen molar-refractivity contribution in [2.24, 2.45) is 5.92 Å². The van der Waals surface area contributed by atoms with Crippen LogP contribution in [0.2, 0.25) is 0 Å². The summed E-state index contributed by atoms with van der Waals surface area (Å²) in [4.78, 5) is 4.45. The molecule has 17 heavy (non-hydrogen) atoms. The molecule has 0 saturated carbocycles. The maximum Gasteiger partial charge on any atom is 0.137 e. The third kappa shape index (κ3) is 2.67. The van der Waals surface area contributed by atoms with Crippen LogP contribution in [0.15, 0.2) is 30.6 Å². The van der Waals surface area contributed by atoms with E-state index in [1.807, 2.05) is 35.0 Å². The van der Waals surface area contributed by atoms with E-state index in [1.54, 1.807) is 0 Å². The molecule has 2 heterocycles. The highest BCUT2D eigenvalue weighted by Gasteiger charge is 2.16. The molecule has 1 unspecified atom stereocenters. The van der Waals surface area contributed by atoms with Gasteiger partial charge in [0.2, 0.25) is 0 Å². The molecule has 0 aliphatic carbocycles. The maximum atomic E-state index is 10.2. The third-order valence-corrected chi connectivity index (χ3v) is 3.44. The van der Waals surface area contributed by atoms with Crippen molar-refractivity contribution in [3.05, 3.63) is 36.3 Å². The van der Waals surface area contributed by atoms with Crippen molar-refractivity contribution in [2.45, 2.75) is 39.2 Å². The quantitative estimate of drug-likeness (QED) is 0.859. The number of imidazole rings is 1. The van der Waals surface area contributed by atoms with Crippen LogP contribution in [-0.2, 0) is 0 Å². The van der Waals surface area contributed by atoms with Crippen LogP contribution in [0.1, 0.15) is 44.9 Å². The van der Waals surface area contributed by atoms with Crippen LogP contribution in [0.5, 0.6) is 0 Å². The third-order valence-electron chi connectivity index (χ3n) is 3.44. The van der Waals surface area contributed by atoms with Gasteiger partial charge in [0, 0.05) is 12.4 Å². The standard InChI is InChI=1S/C14H20N2O/c1-3-11(4-2)9-13(17)12-10-16-8-6-5-7-14(16)15-12/h5-8,10-11,13,17H,3-4,9H2,1-2H3. The summed E-state index contributed by atoms with van der Waals surface area (Å²) in [5.41, 5.74) is 1.68. The molecule has 92 valence electrons. The maximum absolute atomic E-state index is 10.2. The van der Waals surface area contributed by atoms with Gasteiger partial charge in [0.25, 0.3) is 0 Å². The largest absolute Gasteiger partial charge is 0.387 e. The van der Waals surface area contributed by atoms with Crippen molar-refractivity contribution in [3.8, 4) is 0 Å². The summed E-state index contributed by atoms with van der Waals surface area (Å²) in [5.74, 6) is 0.579. The van der Waals surface area contributed by atoms with Gasteiger partial charge in [0.1, 0.15) is 5.65 Å². The van der Waals surface area contributed by atoms with E-state index in [0.717, 1.165) is 30.6 Å². The van der Waals surface area contributed by atoms with Gasteiger partial charge in [-0.05, 0) is 24.5 Å². The van der Waals surface area contributed by atoms with E-state index in [9.17, 15) is 5.11 Å². The Morgan fingerprint density at radius 3 is 2.71 bits per heavy atom. The molecule has 0 amide bonds. The van der Waals surface area contributed by atoms with Crippen molar-refractivity contribution in [3.63, 3.8) is 0 Å². The van der Waals surface area contributed by atoms with Crippen molar-refractivity contribution >= 4 is 5.65 Å². The van der Waals surface area contributed by atoms with Crippen LogP contribution in [0.25, 0.3) is 5.65 Å². The Labute approximate surface area is 102 Å². The summed E-state index contributed by atoms with van der Waals surface area (Å²) in [7, 11) is 0. The van der Waals surface area contributed by atoms with E-state index in [1.165, 1.54) is 0 Å². The van der Waals surface area contributed by atoms with Crippen LogP contribution in [0, 0.1) is 5.92 Å². The number of hydrogen-bond acceptors (Lipinski definition) is 2. The smallest absolute Gasteiger partial charge is 0.137 e. The minimum absolute atomic E-state index is 0.445. The number of pyridine rings is 1. The Balaban J connectivity index is 2.15. The number of rotatable bonds is 5. The molecule has 3 nitrogen and oxygen atoms in total. The molecular formula is C14H20N2O. The number of nitrogens with zero attached hydrogens (tertiary/aromatic N) is 2. The normalized spacial score (nSPS) is 13.4. The summed E-state index contributed by atoms with van der Waals surface area (Å²) in [6, 6.07) is 5.87. The van der Waals surface area contributed by atoms with Crippen LogP contribution in [0.3, 0.4) is 0 Å². The lowest BCUT2D eigenvalue weighted by molar-refractivity contribution is 0.137. The van der Waals surface area contributed by atoms with E-state index in [-0.39, 0.29) is 0 Å². The SMILES string of the molecule is CCC(CC)CC(O)c1cn2ccccc2n1. The van der Waals surface area contributed by atoms with Gasteiger partial charge in [-0.15, -0.1) is 0 Å². The van der Waals surface area contributed by atoms with Gasteiger partial charge in [-0.1, -0.05) is 32.8 Å². The molecule has 1 N–H and O–H groups in total. The van der Waals surface area contributed by atoms with Gasteiger partial charge in [-0.3, -0.25) is 0 Å².